The van der Waals surface area contributed by atoms with E-state index in [4.69, 9.17) is 4.74 Å². The van der Waals surface area contributed by atoms with Gasteiger partial charge in [0.05, 0.1) is 29.1 Å². The molecule has 0 spiro atoms. The molecule has 1 aliphatic rings. The fourth-order valence-corrected chi connectivity index (χ4v) is 2.40. The third-order valence-electron chi connectivity index (χ3n) is 3.47. The molecular weight excluding hydrogens is 365 g/mol. The molecule has 1 heterocycles. The highest BCUT2D eigenvalue weighted by atomic mass is 19.4. The van der Waals surface area contributed by atoms with Crippen molar-refractivity contribution in [2.75, 3.05) is 36.5 Å². The van der Waals surface area contributed by atoms with Gasteiger partial charge in [0.2, 0.25) is 5.91 Å². The number of hydrogen-bond donors (Lipinski definition) is 1. The van der Waals surface area contributed by atoms with Crippen LogP contribution < -0.4 is 10.2 Å². The van der Waals surface area contributed by atoms with Crippen molar-refractivity contribution >= 4 is 28.7 Å². The van der Waals surface area contributed by atoms with Crippen LogP contribution in [0.1, 0.15) is 6.42 Å². The summed E-state index contributed by atoms with van der Waals surface area (Å²) >= 11 is 0. The summed E-state index contributed by atoms with van der Waals surface area (Å²) < 4.78 is 42.0. The minimum atomic E-state index is -4.80. The van der Waals surface area contributed by atoms with Gasteiger partial charge in [-0.05, 0) is 6.07 Å². The van der Waals surface area contributed by atoms with Crippen LogP contribution in [0.15, 0.2) is 12.1 Å². The normalized spacial score (nSPS) is 14.8. The summed E-state index contributed by atoms with van der Waals surface area (Å²) in [7, 11) is 0. The standard InChI is InChI=1S/C13H13F3N4O6/c14-13(15,16)7-12(21)17-8-5-10(18-1-3-26-4-2-18)11(20(24)25)6-9(8)19(22)23/h5-6H,1-4,7H2,(H,17,21). The van der Waals surface area contributed by atoms with E-state index in [1.54, 1.807) is 0 Å². The smallest absolute Gasteiger partial charge is 0.378 e. The number of rotatable bonds is 5. The Labute approximate surface area is 143 Å². The molecule has 1 saturated heterocycles. The van der Waals surface area contributed by atoms with Gasteiger partial charge in [-0.25, -0.2) is 0 Å². The van der Waals surface area contributed by atoms with Gasteiger partial charge in [0.15, 0.2) is 0 Å². The molecule has 10 nitrogen and oxygen atoms in total. The Morgan fingerprint density at radius 3 is 2.23 bits per heavy atom. The van der Waals surface area contributed by atoms with Crippen molar-refractivity contribution < 1.29 is 32.5 Å². The highest BCUT2D eigenvalue weighted by Crippen LogP contribution is 2.38. The lowest BCUT2D eigenvalue weighted by molar-refractivity contribution is -0.393. The van der Waals surface area contributed by atoms with Gasteiger partial charge in [-0.1, -0.05) is 0 Å². The highest BCUT2D eigenvalue weighted by Gasteiger charge is 2.33. The molecule has 1 aliphatic heterocycles. The van der Waals surface area contributed by atoms with Crippen molar-refractivity contribution in [2.24, 2.45) is 0 Å². The van der Waals surface area contributed by atoms with Crippen LogP contribution >= 0.6 is 0 Å². The van der Waals surface area contributed by atoms with E-state index >= 15 is 0 Å². The molecule has 1 aromatic rings. The monoisotopic (exact) mass is 378 g/mol. The van der Waals surface area contributed by atoms with E-state index in [0.29, 0.717) is 6.07 Å². The number of carbonyl (C=O) groups is 1. The van der Waals surface area contributed by atoms with Gasteiger partial charge in [0.1, 0.15) is 17.8 Å². The highest BCUT2D eigenvalue weighted by molar-refractivity contribution is 5.95. The summed E-state index contributed by atoms with van der Waals surface area (Å²) in [5.74, 6) is -1.51. The summed E-state index contributed by atoms with van der Waals surface area (Å²) in [6.45, 7) is 0.997. The first kappa shape index (κ1) is 19.4. The minimum absolute atomic E-state index is 0.0498. The number of alkyl halides is 3. The zero-order valence-electron chi connectivity index (χ0n) is 13.1. The van der Waals surface area contributed by atoms with Crippen LogP contribution in [0, 0.1) is 20.2 Å². The fourth-order valence-electron chi connectivity index (χ4n) is 2.40. The average Bonchev–Trinajstić information content (AvgIpc) is 2.53. The van der Waals surface area contributed by atoms with Gasteiger partial charge in [-0.15, -0.1) is 0 Å². The summed E-state index contributed by atoms with van der Waals surface area (Å²) in [5, 5.41) is 24.2. The van der Waals surface area contributed by atoms with Gasteiger partial charge < -0.3 is 15.0 Å². The molecule has 0 saturated carbocycles. The number of nitro benzene ring substituents is 2. The summed E-state index contributed by atoms with van der Waals surface area (Å²) in [6, 6.07) is 1.56. The predicted molar refractivity (Wildman–Crippen MR) is 82.1 cm³/mol. The van der Waals surface area contributed by atoms with E-state index in [0.717, 1.165) is 6.07 Å². The Balaban J connectivity index is 2.46. The maximum atomic E-state index is 12.3. The van der Waals surface area contributed by atoms with E-state index in [2.05, 4.69) is 0 Å². The van der Waals surface area contributed by atoms with E-state index in [1.807, 2.05) is 5.32 Å². The minimum Gasteiger partial charge on any atom is -0.378 e. The first-order chi connectivity index (χ1) is 12.1. The molecule has 1 aromatic carbocycles. The second-order valence-corrected chi connectivity index (χ2v) is 5.31. The van der Waals surface area contributed by atoms with Crippen molar-refractivity contribution in [3.8, 4) is 0 Å². The van der Waals surface area contributed by atoms with Gasteiger partial charge >= 0.3 is 6.18 Å². The molecule has 26 heavy (non-hydrogen) atoms. The van der Waals surface area contributed by atoms with Crippen LogP contribution in [-0.2, 0) is 9.53 Å². The van der Waals surface area contributed by atoms with Crippen molar-refractivity contribution in [2.45, 2.75) is 12.6 Å². The zero-order chi connectivity index (χ0) is 19.5. The molecular formula is C13H13F3N4O6. The quantitative estimate of drug-likeness (QED) is 0.614. The van der Waals surface area contributed by atoms with Crippen LogP contribution in [0.4, 0.5) is 35.9 Å². The van der Waals surface area contributed by atoms with Gasteiger partial charge in [-0.2, -0.15) is 13.2 Å². The van der Waals surface area contributed by atoms with Crippen LogP contribution in [-0.4, -0.2) is 48.2 Å². The molecule has 1 N–H and O–H groups in total. The van der Waals surface area contributed by atoms with Crippen LogP contribution in [0.3, 0.4) is 0 Å². The van der Waals surface area contributed by atoms with Crippen LogP contribution in [0.25, 0.3) is 0 Å². The van der Waals surface area contributed by atoms with E-state index in [-0.39, 0.29) is 32.0 Å². The zero-order valence-corrected chi connectivity index (χ0v) is 13.1. The second-order valence-electron chi connectivity index (χ2n) is 5.31. The van der Waals surface area contributed by atoms with Crippen molar-refractivity contribution in [3.63, 3.8) is 0 Å². The number of halogens is 3. The summed E-state index contributed by atoms with van der Waals surface area (Å²) in [5.41, 5.74) is -2.06. The van der Waals surface area contributed by atoms with Gasteiger partial charge in [-0.3, -0.25) is 25.0 Å². The number of anilines is 2. The van der Waals surface area contributed by atoms with Crippen molar-refractivity contribution in [1.82, 2.24) is 0 Å². The molecule has 0 aromatic heterocycles. The first-order valence-corrected chi connectivity index (χ1v) is 7.24. The molecule has 2 rings (SSSR count). The predicted octanol–water partition coefficient (Wildman–Crippen LogP) is 2.23. The largest absolute Gasteiger partial charge is 0.397 e. The number of amides is 1. The molecule has 1 amide bonds. The molecule has 0 unspecified atom stereocenters. The SMILES string of the molecule is O=C(CC(F)(F)F)Nc1cc(N2CCOCC2)c([N+](=O)[O-])cc1[N+](=O)[O-]. The molecule has 0 radical (unpaired) electrons. The topological polar surface area (TPSA) is 128 Å². The second kappa shape index (κ2) is 7.51. The number of nitrogens with zero attached hydrogens (tertiary/aromatic N) is 3. The Morgan fingerprint density at radius 2 is 1.73 bits per heavy atom. The number of carbonyl (C=O) groups excluding carboxylic acids is 1. The van der Waals surface area contributed by atoms with Crippen molar-refractivity contribution in [1.29, 1.82) is 0 Å². The number of morpholine rings is 1. The third kappa shape index (κ3) is 4.78. The maximum absolute atomic E-state index is 12.3. The van der Waals surface area contributed by atoms with Crippen LogP contribution in [0.5, 0.6) is 0 Å². The Morgan fingerprint density at radius 1 is 1.15 bits per heavy atom. The number of benzene rings is 1. The lowest BCUT2D eigenvalue weighted by Gasteiger charge is -2.28. The molecule has 13 heteroatoms. The Bertz CT molecular complexity index is 733. The maximum Gasteiger partial charge on any atom is 0.397 e. The lowest BCUT2D eigenvalue weighted by atomic mass is 10.1. The summed E-state index contributed by atoms with van der Waals surface area (Å²) in [6.07, 6.45) is -6.64. The van der Waals surface area contributed by atoms with Crippen LogP contribution in [0.2, 0.25) is 0 Å². The number of hydrogen-bond acceptors (Lipinski definition) is 7. The average molecular weight is 378 g/mol. The molecule has 0 bridgehead atoms. The molecule has 1 fully saturated rings. The number of nitrogens with one attached hydrogen (secondary N) is 1. The van der Waals surface area contributed by atoms with Gasteiger partial charge in [0, 0.05) is 13.1 Å². The molecule has 142 valence electrons. The molecule has 0 aliphatic carbocycles. The Hall–Kier alpha value is -2.96. The third-order valence-corrected chi connectivity index (χ3v) is 3.47. The first-order valence-electron chi connectivity index (χ1n) is 7.24. The number of ether oxygens (including phenoxy) is 1. The lowest BCUT2D eigenvalue weighted by Crippen LogP contribution is -2.36. The Kier molecular flexibility index (Phi) is 5.59. The van der Waals surface area contributed by atoms with E-state index in [1.165, 1.54) is 4.90 Å². The number of nitro groups is 2. The van der Waals surface area contributed by atoms with E-state index in [9.17, 15) is 38.2 Å². The van der Waals surface area contributed by atoms with Gasteiger partial charge in [0.25, 0.3) is 11.4 Å². The fraction of sp³-hybridized carbons (Fsp3) is 0.462. The summed E-state index contributed by atoms with van der Waals surface area (Å²) in [4.78, 5) is 33.5. The van der Waals surface area contributed by atoms with Crippen molar-refractivity contribution in [3.05, 3.63) is 32.4 Å². The molecule has 0 atom stereocenters. The van der Waals surface area contributed by atoms with E-state index < -0.39 is 45.4 Å².